The highest BCUT2D eigenvalue weighted by molar-refractivity contribution is 7.89. The second-order valence-corrected chi connectivity index (χ2v) is 7.71. The van der Waals surface area contributed by atoms with Crippen LogP contribution in [0, 0.1) is 5.82 Å². The molecule has 0 aromatic heterocycles. The van der Waals surface area contributed by atoms with E-state index in [0.29, 0.717) is 11.3 Å². The quantitative estimate of drug-likeness (QED) is 0.839. The number of piperazine rings is 1. The van der Waals surface area contributed by atoms with Crippen molar-refractivity contribution in [3.63, 3.8) is 0 Å². The van der Waals surface area contributed by atoms with Crippen LogP contribution in [-0.2, 0) is 10.0 Å². The summed E-state index contributed by atoms with van der Waals surface area (Å²) in [5, 5.41) is 0. The number of sulfonamides is 1. The predicted octanol–water partition coefficient (Wildman–Crippen LogP) is 1.55. The molecule has 0 atom stereocenters. The molecule has 2 aromatic rings. The van der Waals surface area contributed by atoms with Gasteiger partial charge in [-0.3, -0.25) is 4.79 Å². The summed E-state index contributed by atoms with van der Waals surface area (Å²) in [4.78, 5) is 14.1. The van der Waals surface area contributed by atoms with Gasteiger partial charge in [0.05, 0.1) is 4.90 Å². The largest absolute Gasteiger partial charge is 0.399 e. The van der Waals surface area contributed by atoms with Gasteiger partial charge in [-0.25, -0.2) is 12.8 Å². The molecule has 25 heavy (non-hydrogen) atoms. The number of nitrogen functional groups attached to an aromatic ring is 1. The highest BCUT2D eigenvalue weighted by Gasteiger charge is 2.30. The number of hydrogen-bond acceptors (Lipinski definition) is 4. The number of amides is 1. The number of benzene rings is 2. The lowest BCUT2D eigenvalue weighted by Gasteiger charge is -2.34. The van der Waals surface area contributed by atoms with Gasteiger partial charge in [-0.2, -0.15) is 4.31 Å². The van der Waals surface area contributed by atoms with Gasteiger partial charge in [0.1, 0.15) is 5.82 Å². The van der Waals surface area contributed by atoms with Crippen LogP contribution in [0.5, 0.6) is 0 Å². The molecular weight excluding hydrogens is 345 g/mol. The molecule has 3 rings (SSSR count). The Kier molecular flexibility index (Phi) is 4.73. The van der Waals surface area contributed by atoms with Crippen molar-refractivity contribution in [2.75, 3.05) is 31.9 Å². The summed E-state index contributed by atoms with van der Waals surface area (Å²) in [7, 11) is -3.61. The van der Waals surface area contributed by atoms with Gasteiger partial charge < -0.3 is 10.6 Å². The molecule has 1 saturated heterocycles. The minimum Gasteiger partial charge on any atom is -0.399 e. The van der Waals surface area contributed by atoms with Gasteiger partial charge >= 0.3 is 0 Å². The number of hydrogen-bond donors (Lipinski definition) is 1. The van der Waals surface area contributed by atoms with Crippen molar-refractivity contribution in [2.45, 2.75) is 4.90 Å². The third-order valence-electron chi connectivity index (χ3n) is 4.13. The highest BCUT2D eigenvalue weighted by Crippen LogP contribution is 2.19. The molecule has 0 spiro atoms. The van der Waals surface area contributed by atoms with Gasteiger partial charge in [-0.05, 0) is 48.5 Å². The number of carbonyl (C=O) groups excluding carboxylic acids is 1. The molecule has 0 saturated carbocycles. The molecule has 1 aliphatic heterocycles. The van der Waals surface area contributed by atoms with Crippen LogP contribution in [0.4, 0.5) is 10.1 Å². The summed E-state index contributed by atoms with van der Waals surface area (Å²) in [6.07, 6.45) is 0. The maximum Gasteiger partial charge on any atom is 0.253 e. The lowest BCUT2D eigenvalue weighted by molar-refractivity contribution is 0.0698. The fourth-order valence-corrected chi connectivity index (χ4v) is 4.12. The van der Waals surface area contributed by atoms with E-state index in [1.807, 2.05) is 0 Å². The lowest BCUT2D eigenvalue weighted by atomic mass is 10.2. The Bertz CT molecular complexity index is 859. The highest BCUT2D eigenvalue weighted by atomic mass is 32.2. The van der Waals surface area contributed by atoms with E-state index >= 15 is 0 Å². The van der Waals surface area contributed by atoms with E-state index in [0.717, 1.165) is 0 Å². The summed E-state index contributed by atoms with van der Waals surface area (Å²) < 4.78 is 39.6. The SMILES string of the molecule is Nc1ccc(S(=O)(=O)N2CCN(C(=O)c3ccc(F)cc3)CC2)cc1. The van der Waals surface area contributed by atoms with Crippen LogP contribution in [-0.4, -0.2) is 49.7 Å². The Morgan fingerprint density at radius 1 is 0.920 bits per heavy atom. The minimum absolute atomic E-state index is 0.181. The molecule has 132 valence electrons. The number of anilines is 1. The second-order valence-electron chi connectivity index (χ2n) is 5.77. The molecule has 8 heteroatoms. The van der Waals surface area contributed by atoms with E-state index in [2.05, 4.69) is 0 Å². The minimum atomic E-state index is -3.61. The normalized spacial score (nSPS) is 16.0. The van der Waals surface area contributed by atoms with E-state index in [1.54, 1.807) is 17.0 Å². The van der Waals surface area contributed by atoms with E-state index in [-0.39, 0.29) is 37.0 Å². The molecule has 6 nitrogen and oxygen atoms in total. The summed E-state index contributed by atoms with van der Waals surface area (Å²) in [6, 6.07) is 11.3. The molecule has 0 bridgehead atoms. The zero-order valence-electron chi connectivity index (χ0n) is 13.4. The molecule has 1 aliphatic rings. The topological polar surface area (TPSA) is 83.7 Å². The molecule has 2 N–H and O–H groups in total. The number of carbonyl (C=O) groups is 1. The fourth-order valence-electron chi connectivity index (χ4n) is 2.70. The Balaban J connectivity index is 1.68. The van der Waals surface area contributed by atoms with Gasteiger partial charge in [0, 0.05) is 37.4 Å². The molecular formula is C17H18FN3O3S. The van der Waals surface area contributed by atoms with E-state index in [9.17, 15) is 17.6 Å². The third-order valence-corrected chi connectivity index (χ3v) is 6.05. The van der Waals surface area contributed by atoms with Crippen molar-refractivity contribution in [1.29, 1.82) is 0 Å². The summed E-state index contributed by atoms with van der Waals surface area (Å²) in [6.45, 7) is 0.980. The van der Waals surface area contributed by atoms with Crippen LogP contribution in [0.3, 0.4) is 0 Å². The first kappa shape index (κ1) is 17.4. The van der Waals surface area contributed by atoms with Crippen molar-refractivity contribution in [3.8, 4) is 0 Å². The molecule has 1 heterocycles. The van der Waals surface area contributed by atoms with Gasteiger partial charge in [0.25, 0.3) is 5.91 Å². The summed E-state index contributed by atoms with van der Waals surface area (Å²) >= 11 is 0. The predicted molar refractivity (Wildman–Crippen MR) is 91.9 cm³/mol. The second kappa shape index (κ2) is 6.81. The molecule has 1 amide bonds. The molecule has 0 unspecified atom stereocenters. The third kappa shape index (κ3) is 3.64. The first-order valence-corrected chi connectivity index (χ1v) is 9.22. The number of nitrogens with zero attached hydrogens (tertiary/aromatic N) is 2. The van der Waals surface area contributed by atoms with Crippen molar-refractivity contribution < 1.29 is 17.6 Å². The van der Waals surface area contributed by atoms with Crippen molar-refractivity contribution >= 4 is 21.6 Å². The zero-order chi connectivity index (χ0) is 18.0. The fraction of sp³-hybridized carbons (Fsp3) is 0.235. The number of rotatable bonds is 3. The molecule has 0 aliphatic carbocycles. The Morgan fingerprint density at radius 2 is 1.48 bits per heavy atom. The Hall–Kier alpha value is -2.45. The maximum atomic E-state index is 13.0. The van der Waals surface area contributed by atoms with Gasteiger partial charge in [-0.1, -0.05) is 0 Å². The average Bonchev–Trinajstić information content (AvgIpc) is 2.62. The first-order valence-electron chi connectivity index (χ1n) is 7.78. The van der Waals surface area contributed by atoms with Crippen molar-refractivity contribution in [2.24, 2.45) is 0 Å². The summed E-state index contributed by atoms with van der Waals surface area (Å²) in [5.41, 5.74) is 6.47. The lowest BCUT2D eigenvalue weighted by Crippen LogP contribution is -2.50. The molecule has 0 radical (unpaired) electrons. The average molecular weight is 363 g/mol. The standard InChI is InChI=1S/C17H18FN3O3S/c18-14-3-1-13(2-4-14)17(22)20-9-11-21(12-10-20)25(23,24)16-7-5-15(19)6-8-16/h1-8H,9-12,19H2. The van der Waals surface area contributed by atoms with Gasteiger partial charge in [0.15, 0.2) is 0 Å². The maximum absolute atomic E-state index is 13.0. The van der Waals surface area contributed by atoms with Crippen LogP contribution >= 0.6 is 0 Å². The number of nitrogens with two attached hydrogens (primary N) is 1. The monoisotopic (exact) mass is 363 g/mol. The molecule has 2 aromatic carbocycles. The Morgan fingerprint density at radius 3 is 2.04 bits per heavy atom. The van der Waals surface area contributed by atoms with Crippen LogP contribution in [0.1, 0.15) is 10.4 Å². The van der Waals surface area contributed by atoms with Crippen LogP contribution in [0.15, 0.2) is 53.4 Å². The van der Waals surface area contributed by atoms with Crippen LogP contribution in [0.25, 0.3) is 0 Å². The van der Waals surface area contributed by atoms with E-state index in [1.165, 1.54) is 40.7 Å². The Labute approximate surface area is 145 Å². The van der Waals surface area contributed by atoms with Crippen LogP contribution < -0.4 is 5.73 Å². The van der Waals surface area contributed by atoms with Gasteiger partial charge in [-0.15, -0.1) is 0 Å². The first-order chi connectivity index (χ1) is 11.9. The summed E-state index contributed by atoms with van der Waals surface area (Å²) in [5.74, 6) is -0.638. The van der Waals surface area contributed by atoms with Gasteiger partial charge in [0.2, 0.25) is 10.0 Å². The van der Waals surface area contributed by atoms with Crippen molar-refractivity contribution in [3.05, 3.63) is 59.9 Å². The zero-order valence-corrected chi connectivity index (χ0v) is 14.2. The van der Waals surface area contributed by atoms with Crippen LogP contribution in [0.2, 0.25) is 0 Å². The van der Waals surface area contributed by atoms with E-state index < -0.39 is 15.8 Å². The van der Waals surface area contributed by atoms with E-state index in [4.69, 9.17) is 5.73 Å². The molecule has 1 fully saturated rings. The smallest absolute Gasteiger partial charge is 0.253 e. The van der Waals surface area contributed by atoms with Crippen molar-refractivity contribution in [1.82, 2.24) is 9.21 Å². The number of halogens is 1.